The van der Waals surface area contributed by atoms with Crippen LogP contribution in [-0.4, -0.2) is 50.1 Å². The molecule has 2 aliphatic heterocycles. The topological polar surface area (TPSA) is 44.4 Å². The molecule has 2 atom stereocenters. The Morgan fingerprint density at radius 2 is 1.94 bits per heavy atom. The zero-order valence-corrected chi connectivity index (χ0v) is 9.74. The molecule has 2 saturated heterocycles. The summed E-state index contributed by atoms with van der Waals surface area (Å²) in [4.78, 5) is 14.0. The Labute approximate surface area is 96.8 Å². The Kier molecular flexibility index (Phi) is 2.86. The highest BCUT2D eigenvalue weighted by Crippen LogP contribution is 2.28. The van der Waals surface area contributed by atoms with Gasteiger partial charge in [-0.25, -0.2) is 0 Å². The molecule has 3 fully saturated rings. The number of amides is 1. The van der Waals surface area contributed by atoms with Crippen molar-refractivity contribution in [2.24, 2.45) is 17.8 Å². The van der Waals surface area contributed by atoms with Crippen LogP contribution in [0.5, 0.6) is 0 Å². The average molecular weight is 223 g/mol. The summed E-state index contributed by atoms with van der Waals surface area (Å²) in [7, 11) is 0. The molecule has 4 nitrogen and oxygen atoms in total. The van der Waals surface area contributed by atoms with Gasteiger partial charge in [-0.2, -0.15) is 0 Å². The van der Waals surface area contributed by atoms with Gasteiger partial charge in [0.1, 0.15) is 0 Å². The Balaban J connectivity index is 1.39. The molecule has 16 heavy (non-hydrogen) atoms. The van der Waals surface area contributed by atoms with Gasteiger partial charge >= 0.3 is 0 Å². The molecule has 1 aliphatic carbocycles. The molecule has 0 aromatic rings. The Morgan fingerprint density at radius 3 is 2.56 bits per heavy atom. The zero-order chi connectivity index (χ0) is 11.0. The fraction of sp³-hybridized carbons (Fsp3) is 0.917. The van der Waals surface area contributed by atoms with Crippen LogP contribution in [0.15, 0.2) is 0 Å². The number of likely N-dealkylation sites (tertiary alicyclic amines) is 1. The molecule has 90 valence electrons. The Hall–Kier alpha value is -0.610. The van der Waals surface area contributed by atoms with Crippen LogP contribution in [0.2, 0.25) is 0 Å². The minimum Gasteiger partial charge on any atom is -0.355 e. The summed E-state index contributed by atoms with van der Waals surface area (Å²) >= 11 is 0. The smallest absolute Gasteiger partial charge is 0.234 e. The monoisotopic (exact) mass is 223 g/mol. The van der Waals surface area contributed by atoms with Crippen molar-refractivity contribution in [1.82, 2.24) is 15.5 Å². The van der Waals surface area contributed by atoms with Gasteiger partial charge < -0.3 is 10.6 Å². The van der Waals surface area contributed by atoms with Crippen LogP contribution in [0.3, 0.4) is 0 Å². The van der Waals surface area contributed by atoms with Gasteiger partial charge in [0.25, 0.3) is 0 Å². The van der Waals surface area contributed by atoms with Crippen molar-refractivity contribution < 1.29 is 4.79 Å². The maximum absolute atomic E-state index is 11.7. The molecule has 0 radical (unpaired) electrons. The third-order valence-corrected chi connectivity index (χ3v) is 4.12. The molecule has 0 bridgehead atoms. The fourth-order valence-corrected chi connectivity index (χ4v) is 2.92. The standard InChI is InChI=1S/C12H21N3O/c16-12(14-3-9-1-2-9)8-15-6-10-4-13-5-11(10)7-15/h9-11,13H,1-8H2,(H,14,16). The van der Waals surface area contributed by atoms with Gasteiger partial charge in [0.2, 0.25) is 5.91 Å². The molecule has 2 heterocycles. The van der Waals surface area contributed by atoms with E-state index in [2.05, 4.69) is 15.5 Å². The lowest BCUT2D eigenvalue weighted by molar-refractivity contribution is -0.122. The van der Waals surface area contributed by atoms with Gasteiger partial charge in [-0.05, 0) is 43.7 Å². The van der Waals surface area contributed by atoms with E-state index in [1.807, 2.05) is 0 Å². The molecule has 3 rings (SSSR count). The van der Waals surface area contributed by atoms with E-state index in [-0.39, 0.29) is 5.91 Å². The zero-order valence-electron chi connectivity index (χ0n) is 9.74. The number of fused-ring (bicyclic) bond motifs is 1. The highest BCUT2D eigenvalue weighted by Gasteiger charge is 2.36. The Morgan fingerprint density at radius 1 is 1.25 bits per heavy atom. The van der Waals surface area contributed by atoms with E-state index in [0.717, 1.165) is 50.5 Å². The van der Waals surface area contributed by atoms with Crippen molar-refractivity contribution in [2.75, 3.05) is 39.3 Å². The van der Waals surface area contributed by atoms with Gasteiger partial charge in [-0.15, -0.1) is 0 Å². The molecule has 0 spiro atoms. The van der Waals surface area contributed by atoms with Crippen LogP contribution in [0.1, 0.15) is 12.8 Å². The van der Waals surface area contributed by atoms with E-state index in [1.165, 1.54) is 12.8 Å². The molecule has 1 saturated carbocycles. The first-order chi connectivity index (χ1) is 7.81. The van der Waals surface area contributed by atoms with Crippen LogP contribution < -0.4 is 10.6 Å². The summed E-state index contributed by atoms with van der Waals surface area (Å²) < 4.78 is 0. The van der Waals surface area contributed by atoms with E-state index < -0.39 is 0 Å². The summed E-state index contributed by atoms with van der Waals surface area (Å²) in [6, 6.07) is 0. The van der Waals surface area contributed by atoms with Crippen LogP contribution in [0.4, 0.5) is 0 Å². The van der Waals surface area contributed by atoms with Crippen molar-refractivity contribution in [2.45, 2.75) is 12.8 Å². The molecule has 1 amide bonds. The Bertz CT molecular complexity index is 265. The highest BCUT2D eigenvalue weighted by molar-refractivity contribution is 5.78. The quantitative estimate of drug-likeness (QED) is 0.685. The number of carbonyl (C=O) groups excluding carboxylic acids is 1. The van der Waals surface area contributed by atoms with Crippen molar-refractivity contribution >= 4 is 5.91 Å². The third-order valence-electron chi connectivity index (χ3n) is 4.12. The van der Waals surface area contributed by atoms with Crippen LogP contribution in [0.25, 0.3) is 0 Å². The molecule has 3 aliphatic rings. The van der Waals surface area contributed by atoms with Gasteiger partial charge in [0, 0.05) is 19.6 Å². The van der Waals surface area contributed by atoms with E-state index in [9.17, 15) is 4.79 Å². The highest BCUT2D eigenvalue weighted by atomic mass is 16.2. The lowest BCUT2D eigenvalue weighted by Crippen LogP contribution is -2.38. The number of hydrogen-bond acceptors (Lipinski definition) is 3. The third kappa shape index (κ3) is 2.38. The lowest BCUT2D eigenvalue weighted by atomic mass is 10.0. The van der Waals surface area contributed by atoms with E-state index in [4.69, 9.17) is 0 Å². The average Bonchev–Trinajstić information content (AvgIpc) is 2.86. The largest absolute Gasteiger partial charge is 0.355 e. The molecule has 2 N–H and O–H groups in total. The van der Waals surface area contributed by atoms with Gasteiger partial charge in [0.05, 0.1) is 6.54 Å². The van der Waals surface area contributed by atoms with Crippen molar-refractivity contribution in [3.63, 3.8) is 0 Å². The lowest BCUT2D eigenvalue weighted by Gasteiger charge is -2.16. The molecule has 4 heteroatoms. The maximum atomic E-state index is 11.7. The van der Waals surface area contributed by atoms with E-state index >= 15 is 0 Å². The van der Waals surface area contributed by atoms with Gasteiger partial charge in [-0.3, -0.25) is 9.69 Å². The second-order valence-electron chi connectivity index (χ2n) is 5.62. The minimum absolute atomic E-state index is 0.222. The number of nitrogens with zero attached hydrogens (tertiary/aromatic N) is 1. The molecule has 0 aromatic carbocycles. The van der Waals surface area contributed by atoms with Gasteiger partial charge in [0.15, 0.2) is 0 Å². The number of nitrogens with one attached hydrogen (secondary N) is 2. The summed E-state index contributed by atoms with van der Waals surface area (Å²) in [6.45, 7) is 6.01. The fourth-order valence-electron chi connectivity index (χ4n) is 2.92. The first-order valence-electron chi connectivity index (χ1n) is 6.51. The molecular formula is C12H21N3O. The molecular weight excluding hydrogens is 202 g/mol. The molecule has 0 aromatic heterocycles. The predicted octanol–water partition coefficient (Wildman–Crippen LogP) is -0.336. The maximum Gasteiger partial charge on any atom is 0.234 e. The number of hydrogen-bond donors (Lipinski definition) is 2. The number of rotatable bonds is 4. The van der Waals surface area contributed by atoms with E-state index in [0.29, 0.717) is 6.54 Å². The summed E-state index contributed by atoms with van der Waals surface area (Å²) in [5.74, 6) is 2.58. The van der Waals surface area contributed by atoms with Crippen molar-refractivity contribution in [3.05, 3.63) is 0 Å². The molecule has 2 unspecified atom stereocenters. The first kappa shape index (κ1) is 10.5. The van der Waals surface area contributed by atoms with Gasteiger partial charge in [-0.1, -0.05) is 0 Å². The van der Waals surface area contributed by atoms with Crippen molar-refractivity contribution in [3.8, 4) is 0 Å². The SMILES string of the molecule is O=C(CN1CC2CNCC2C1)NCC1CC1. The minimum atomic E-state index is 0.222. The van der Waals surface area contributed by atoms with Crippen LogP contribution >= 0.6 is 0 Å². The normalized spacial score (nSPS) is 34.0. The second kappa shape index (κ2) is 4.34. The number of carbonyl (C=O) groups is 1. The summed E-state index contributed by atoms with van der Waals surface area (Å²) in [5, 5.41) is 6.46. The van der Waals surface area contributed by atoms with Crippen LogP contribution in [0, 0.1) is 17.8 Å². The van der Waals surface area contributed by atoms with E-state index in [1.54, 1.807) is 0 Å². The second-order valence-corrected chi connectivity index (χ2v) is 5.62. The van der Waals surface area contributed by atoms with Crippen molar-refractivity contribution in [1.29, 1.82) is 0 Å². The summed E-state index contributed by atoms with van der Waals surface area (Å²) in [5.41, 5.74) is 0. The predicted molar refractivity (Wildman–Crippen MR) is 62.0 cm³/mol. The summed E-state index contributed by atoms with van der Waals surface area (Å²) in [6.07, 6.45) is 2.61. The first-order valence-corrected chi connectivity index (χ1v) is 6.51. The van der Waals surface area contributed by atoms with Crippen LogP contribution in [-0.2, 0) is 4.79 Å².